The van der Waals surface area contributed by atoms with Crippen molar-refractivity contribution in [1.82, 2.24) is 5.43 Å². The second-order valence-corrected chi connectivity index (χ2v) is 5.09. The molecular weight excluding hydrogens is 200 g/mol. The lowest BCUT2D eigenvalue weighted by Gasteiger charge is -2.32. The molecule has 2 rings (SSSR count). The highest BCUT2D eigenvalue weighted by Gasteiger charge is 2.26. The number of rotatable bonds is 4. The van der Waals surface area contributed by atoms with E-state index in [-0.39, 0.29) is 0 Å². The summed E-state index contributed by atoms with van der Waals surface area (Å²) in [7, 11) is 0. The summed E-state index contributed by atoms with van der Waals surface area (Å²) < 4.78 is 5.39. The number of hydrazine groups is 1. The van der Waals surface area contributed by atoms with Crippen molar-refractivity contribution < 1.29 is 4.42 Å². The summed E-state index contributed by atoms with van der Waals surface area (Å²) in [5.41, 5.74) is 2.97. The van der Waals surface area contributed by atoms with Crippen molar-refractivity contribution in [3.63, 3.8) is 0 Å². The van der Waals surface area contributed by atoms with E-state index in [1.165, 1.54) is 25.7 Å². The molecule has 3 atom stereocenters. The lowest BCUT2D eigenvalue weighted by molar-refractivity contribution is 0.216. The summed E-state index contributed by atoms with van der Waals surface area (Å²) >= 11 is 0. The van der Waals surface area contributed by atoms with Gasteiger partial charge in [0.15, 0.2) is 0 Å². The van der Waals surface area contributed by atoms with Crippen LogP contribution in [0.4, 0.5) is 0 Å². The van der Waals surface area contributed by atoms with Gasteiger partial charge in [-0.1, -0.05) is 19.8 Å². The maximum Gasteiger partial charge on any atom is 0.105 e. The van der Waals surface area contributed by atoms with Gasteiger partial charge >= 0.3 is 0 Å². The summed E-state index contributed by atoms with van der Waals surface area (Å²) in [6.07, 6.45) is 7.92. The van der Waals surface area contributed by atoms with E-state index >= 15 is 0 Å². The van der Waals surface area contributed by atoms with Crippen LogP contribution in [-0.2, 0) is 6.42 Å². The Morgan fingerprint density at radius 2 is 2.44 bits per heavy atom. The van der Waals surface area contributed by atoms with Crippen LogP contribution in [0.2, 0.25) is 0 Å². The molecule has 3 nitrogen and oxygen atoms in total. The molecule has 16 heavy (non-hydrogen) atoms. The van der Waals surface area contributed by atoms with Gasteiger partial charge in [0.1, 0.15) is 5.76 Å². The van der Waals surface area contributed by atoms with Gasteiger partial charge in [-0.05, 0) is 36.8 Å². The summed E-state index contributed by atoms with van der Waals surface area (Å²) in [5.74, 6) is 8.24. The number of hydrogen-bond acceptors (Lipinski definition) is 3. The monoisotopic (exact) mass is 222 g/mol. The third-order valence-corrected chi connectivity index (χ3v) is 3.76. The highest BCUT2D eigenvalue weighted by Crippen LogP contribution is 2.31. The quantitative estimate of drug-likeness (QED) is 0.608. The first kappa shape index (κ1) is 11.7. The van der Waals surface area contributed by atoms with Crippen LogP contribution in [0, 0.1) is 11.8 Å². The van der Waals surface area contributed by atoms with Crippen molar-refractivity contribution >= 4 is 0 Å². The molecule has 3 heteroatoms. The van der Waals surface area contributed by atoms with Gasteiger partial charge in [-0.15, -0.1) is 0 Å². The van der Waals surface area contributed by atoms with Crippen LogP contribution in [0.25, 0.3) is 0 Å². The van der Waals surface area contributed by atoms with E-state index in [2.05, 4.69) is 12.3 Å². The van der Waals surface area contributed by atoms with Gasteiger partial charge in [0.25, 0.3) is 0 Å². The van der Waals surface area contributed by atoms with Crippen molar-refractivity contribution in [2.75, 3.05) is 0 Å². The van der Waals surface area contributed by atoms with Crippen LogP contribution in [0.1, 0.15) is 38.4 Å². The topological polar surface area (TPSA) is 51.2 Å². The van der Waals surface area contributed by atoms with Crippen LogP contribution in [0.15, 0.2) is 22.8 Å². The van der Waals surface area contributed by atoms with Gasteiger partial charge in [-0.25, -0.2) is 0 Å². The molecule has 90 valence electrons. The Morgan fingerprint density at radius 3 is 3.06 bits per heavy atom. The summed E-state index contributed by atoms with van der Waals surface area (Å²) in [6, 6.07) is 4.32. The molecule has 1 aliphatic carbocycles. The van der Waals surface area contributed by atoms with Crippen LogP contribution in [-0.4, -0.2) is 6.04 Å². The summed E-state index contributed by atoms with van der Waals surface area (Å²) in [5, 5.41) is 0. The molecule has 0 radical (unpaired) electrons. The average Bonchev–Trinajstić information content (AvgIpc) is 2.78. The molecule has 1 aliphatic rings. The molecule has 0 aromatic carbocycles. The molecule has 0 amide bonds. The number of nitrogens with two attached hydrogens (primary N) is 1. The zero-order chi connectivity index (χ0) is 11.4. The Bertz CT molecular complexity index is 297. The van der Waals surface area contributed by atoms with E-state index in [1.807, 2.05) is 12.1 Å². The first-order valence-electron chi connectivity index (χ1n) is 6.28. The molecule has 3 N–H and O–H groups in total. The minimum absolute atomic E-state index is 0.355. The fraction of sp³-hybridized carbons (Fsp3) is 0.692. The van der Waals surface area contributed by atoms with Crippen molar-refractivity contribution in [3.05, 3.63) is 24.2 Å². The van der Waals surface area contributed by atoms with Crippen LogP contribution in [0.3, 0.4) is 0 Å². The molecule has 1 fully saturated rings. The van der Waals surface area contributed by atoms with Crippen LogP contribution < -0.4 is 11.3 Å². The van der Waals surface area contributed by atoms with Gasteiger partial charge in [0, 0.05) is 12.5 Å². The van der Waals surface area contributed by atoms with Gasteiger partial charge in [-0.2, -0.15) is 0 Å². The SMILES string of the molecule is CC1CCCC(C(Cc2ccco2)NN)C1. The third-order valence-electron chi connectivity index (χ3n) is 3.76. The Kier molecular flexibility index (Phi) is 4.02. The van der Waals surface area contributed by atoms with Crippen molar-refractivity contribution in [3.8, 4) is 0 Å². The Hall–Kier alpha value is -0.800. The molecule has 3 unspecified atom stereocenters. The normalized spacial score (nSPS) is 27.9. The van der Waals surface area contributed by atoms with Gasteiger partial charge in [0.2, 0.25) is 0 Å². The first-order chi connectivity index (χ1) is 7.79. The summed E-state index contributed by atoms with van der Waals surface area (Å²) in [6.45, 7) is 2.34. The van der Waals surface area contributed by atoms with Gasteiger partial charge in [-0.3, -0.25) is 11.3 Å². The van der Waals surface area contributed by atoms with Crippen molar-refractivity contribution in [2.45, 2.75) is 45.1 Å². The first-order valence-corrected chi connectivity index (χ1v) is 6.28. The molecule has 0 bridgehead atoms. The number of nitrogens with one attached hydrogen (secondary N) is 1. The standard InChI is InChI=1S/C13H22N2O/c1-10-4-2-5-11(8-10)13(15-14)9-12-6-3-7-16-12/h3,6-7,10-11,13,15H,2,4-5,8-9,14H2,1H3. The Labute approximate surface area is 97.4 Å². The van der Waals surface area contributed by atoms with Crippen molar-refractivity contribution in [2.24, 2.45) is 17.7 Å². The molecule has 0 aliphatic heterocycles. The highest BCUT2D eigenvalue weighted by atomic mass is 16.3. The van der Waals surface area contributed by atoms with Crippen LogP contribution >= 0.6 is 0 Å². The third kappa shape index (κ3) is 2.86. The Morgan fingerprint density at radius 1 is 1.56 bits per heavy atom. The summed E-state index contributed by atoms with van der Waals surface area (Å²) in [4.78, 5) is 0. The molecule has 1 heterocycles. The second kappa shape index (κ2) is 5.51. The average molecular weight is 222 g/mol. The zero-order valence-corrected chi connectivity index (χ0v) is 9.99. The fourth-order valence-electron chi connectivity index (χ4n) is 2.85. The van der Waals surface area contributed by atoms with Gasteiger partial charge in [0.05, 0.1) is 6.26 Å². The number of hydrogen-bond donors (Lipinski definition) is 2. The molecule has 1 saturated carbocycles. The maximum absolute atomic E-state index is 5.67. The van der Waals surface area contributed by atoms with E-state index in [4.69, 9.17) is 10.3 Å². The fourth-order valence-corrected chi connectivity index (χ4v) is 2.85. The van der Waals surface area contributed by atoms with E-state index in [1.54, 1.807) is 6.26 Å². The van der Waals surface area contributed by atoms with E-state index in [0.29, 0.717) is 12.0 Å². The van der Waals surface area contributed by atoms with E-state index < -0.39 is 0 Å². The largest absolute Gasteiger partial charge is 0.469 e. The predicted molar refractivity (Wildman–Crippen MR) is 64.6 cm³/mol. The van der Waals surface area contributed by atoms with Gasteiger partial charge < -0.3 is 4.42 Å². The zero-order valence-electron chi connectivity index (χ0n) is 9.99. The second-order valence-electron chi connectivity index (χ2n) is 5.09. The number of furan rings is 1. The van der Waals surface area contributed by atoms with E-state index in [9.17, 15) is 0 Å². The van der Waals surface area contributed by atoms with E-state index in [0.717, 1.165) is 18.1 Å². The van der Waals surface area contributed by atoms with Crippen molar-refractivity contribution in [1.29, 1.82) is 0 Å². The highest BCUT2D eigenvalue weighted by molar-refractivity contribution is 5.01. The molecule has 1 aromatic heterocycles. The minimum Gasteiger partial charge on any atom is -0.469 e. The molecular formula is C13H22N2O. The molecule has 0 spiro atoms. The lowest BCUT2D eigenvalue weighted by Crippen LogP contribution is -2.43. The molecule has 1 aromatic rings. The minimum atomic E-state index is 0.355. The Balaban J connectivity index is 1.93. The maximum atomic E-state index is 5.67. The van der Waals surface area contributed by atoms with Crippen LogP contribution in [0.5, 0.6) is 0 Å². The molecule has 0 saturated heterocycles. The lowest BCUT2D eigenvalue weighted by atomic mass is 9.78. The smallest absolute Gasteiger partial charge is 0.105 e. The predicted octanol–water partition coefficient (Wildman–Crippen LogP) is 2.48.